The van der Waals surface area contributed by atoms with Crippen molar-refractivity contribution in [1.29, 1.82) is 0 Å². The van der Waals surface area contributed by atoms with Gasteiger partial charge in [0.15, 0.2) is 0 Å². The lowest BCUT2D eigenvalue weighted by Gasteiger charge is -2.23. The highest BCUT2D eigenvalue weighted by atomic mass is 16.4. The van der Waals surface area contributed by atoms with E-state index < -0.39 is 18.8 Å². The molecule has 3 N–H and O–H groups in total. The zero-order valence-corrected chi connectivity index (χ0v) is 14.6. The highest BCUT2D eigenvalue weighted by Crippen LogP contribution is 2.15. The number of hydrogen-bond donors (Lipinski definition) is 3. The summed E-state index contributed by atoms with van der Waals surface area (Å²) in [5, 5.41) is 28.1. The van der Waals surface area contributed by atoms with Crippen molar-refractivity contribution in [1.82, 2.24) is 9.97 Å². The molecule has 0 saturated heterocycles. The average molecular weight is 345 g/mol. The van der Waals surface area contributed by atoms with Gasteiger partial charge in [0.2, 0.25) is 0 Å². The molecule has 0 aliphatic heterocycles. The van der Waals surface area contributed by atoms with Gasteiger partial charge in [0.05, 0.1) is 30.8 Å². The Labute approximate surface area is 148 Å². The fraction of sp³-hybridized carbons (Fsp3) is 0.474. The second-order valence-electron chi connectivity index (χ2n) is 6.15. The van der Waals surface area contributed by atoms with E-state index in [1.807, 2.05) is 18.2 Å². The van der Waals surface area contributed by atoms with Crippen molar-refractivity contribution >= 4 is 5.82 Å². The van der Waals surface area contributed by atoms with Crippen LogP contribution in [0.3, 0.4) is 0 Å². The Balaban J connectivity index is 2.06. The van der Waals surface area contributed by atoms with Crippen molar-refractivity contribution in [3.63, 3.8) is 0 Å². The molecule has 2 aromatic rings. The van der Waals surface area contributed by atoms with Crippen LogP contribution in [0.25, 0.3) is 0 Å². The Hall–Kier alpha value is -2.02. The number of aromatic nitrogens is 2. The molecule has 6 nitrogen and oxygen atoms in total. The van der Waals surface area contributed by atoms with Crippen LogP contribution in [0.4, 0.5) is 5.82 Å². The van der Waals surface area contributed by atoms with Gasteiger partial charge in [-0.05, 0) is 12.0 Å². The van der Waals surface area contributed by atoms with Gasteiger partial charge in [-0.2, -0.15) is 0 Å². The molecular formula is C19H27N3O3. The summed E-state index contributed by atoms with van der Waals surface area (Å²) in [5.41, 5.74) is 1.80. The van der Waals surface area contributed by atoms with Crippen LogP contribution in [0.2, 0.25) is 0 Å². The Morgan fingerprint density at radius 1 is 1.04 bits per heavy atom. The van der Waals surface area contributed by atoms with E-state index >= 15 is 0 Å². The van der Waals surface area contributed by atoms with Crippen molar-refractivity contribution in [2.75, 3.05) is 18.1 Å². The zero-order valence-electron chi connectivity index (χ0n) is 14.6. The van der Waals surface area contributed by atoms with Gasteiger partial charge in [0.25, 0.3) is 0 Å². The summed E-state index contributed by atoms with van der Waals surface area (Å²) < 4.78 is 0. The monoisotopic (exact) mass is 345 g/mol. The van der Waals surface area contributed by atoms with Crippen LogP contribution >= 0.6 is 0 Å². The van der Waals surface area contributed by atoms with Gasteiger partial charge in [-0.1, -0.05) is 43.7 Å². The standard InChI is InChI=1S/C19H27N3O3/c1-2-3-9-22(13-15-7-5-4-6-8-15)19-12-20-16(11-21-19)10-17(24)18(25)14-23/h4-8,11-12,17-18,23-25H,2-3,9-10,13-14H2,1H3/t17-,18+/m0/s1. The van der Waals surface area contributed by atoms with Crippen molar-refractivity contribution in [2.24, 2.45) is 0 Å². The molecule has 1 heterocycles. The molecule has 1 aromatic heterocycles. The lowest BCUT2D eigenvalue weighted by atomic mass is 10.1. The van der Waals surface area contributed by atoms with Crippen LogP contribution in [0.15, 0.2) is 42.7 Å². The van der Waals surface area contributed by atoms with Gasteiger partial charge in [-0.15, -0.1) is 0 Å². The Morgan fingerprint density at radius 3 is 2.40 bits per heavy atom. The van der Waals surface area contributed by atoms with Gasteiger partial charge in [0, 0.05) is 19.5 Å². The minimum atomic E-state index is -1.17. The van der Waals surface area contributed by atoms with E-state index in [-0.39, 0.29) is 6.42 Å². The smallest absolute Gasteiger partial charge is 0.147 e. The molecule has 0 unspecified atom stereocenters. The predicted molar refractivity (Wildman–Crippen MR) is 97.2 cm³/mol. The van der Waals surface area contributed by atoms with Crippen LogP contribution < -0.4 is 4.90 Å². The normalized spacial score (nSPS) is 13.4. The fourth-order valence-electron chi connectivity index (χ4n) is 2.52. The minimum Gasteiger partial charge on any atom is -0.394 e. The number of aliphatic hydroxyl groups is 3. The number of aliphatic hydroxyl groups excluding tert-OH is 3. The maximum Gasteiger partial charge on any atom is 0.147 e. The lowest BCUT2D eigenvalue weighted by molar-refractivity contribution is -0.0137. The fourth-order valence-corrected chi connectivity index (χ4v) is 2.52. The zero-order chi connectivity index (χ0) is 18.1. The molecule has 0 spiro atoms. The SMILES string of the molecule is CCCCN(Cc1ccccc1)c1cnc(C[C@H](O)[C@H](O)CO)cn1. The number of benzene rings is 1. The summed E-state index contributed by atoms with van der Waals surface area (Å²) in [7, 11) is 0. The molecule has 6 heteroatoms. The van der Waals surface area contributed by atoms with Crippen LogP contribution in [-0.4, -0.2) is 50.6 Å². The number of unbranched alkanes of at least 4 members (excludes halogenated alkanes) is 1. The molecule has 0 amide bonds. The molecule has 0 aliphatic carbocycles. The van der Waals surface area contributed by atoms with Crippen LogP contribution in [-0.2, 0) is 13.0 Å². The van der Waals surface area contributed by atoms with Crippen LogP contribution in [0, 0.1) is 0 Å². The lowest BCUT2D eigenvalue weighted by Crippen LogP contribution is -2.31. The number of rotatable bonds is 10. The van der Waals surface area contributed by atoms with E-state index in [1.165, 1.54) is 5.56 Å². The second-order valence-corrected chi connectivity index (χ2v) is 6.15. The molecule has 0 radical (unpaired) electrons. The molecular weight excluding hydrogens is 318 g/mol. The third kappa shape index (κ3) is 6.08. The van der Waals surface area contributed by atoms with E-state index in [0.717, 1.165) is 31.7 Å². The minimum absolute atomic E-state index is 0.155. The van der Waals surface area contributed by atoms with Crippen molar-refractivity contribution < 1.29 is 15.3 Å². The number of hydrogen-bond acceptors (Lipinski definition) is 6. The molecule has 2 rings (SSSR count). The summed E-state index contributed by atoms with van der Waals surface area (Å²) in [6.45, 7) is 3.34. The Morgan fingerprint density at radius 2 is 1.80 bits per heavy atom. The first-order valence-electron chi connectivity index (χ1n) is 8.70. The molecule has 25 heavy (non-hydrogen) atoms. The molecule has 1 aromatic carbocycles. The summed E-state index contributed by atoms with van der Waals surface area (Å²) in [6.07, 6.45) is 3.42. The van der Waals surface area contributed by atoms with Crippen molar-refractivity contribution in [3.8, 4) is 0 Å². The molecule has 136 valence electrons. The first-order valence-corrected chi connectivity index (χ1v) is 8.70. The van der Waals surface area contributed by atoms with Gasteiger partial charge in [-0.3, -0.25) is 4.98 Å². The van der Waals surface area contributed by atoms with Gasteiger partial charge in [-0.25, -0.2) is 4.98 Å². The Kier molecular flexibility index (Phi) is 7.78. The van der Waals surface area contributed by atoms with E-state index in [0.29, 0.717) is 5.69 Å². The third-order valence-electron chi connectivity index (χ3n) is 4.06. The number of anilines is 1. The van der Waals surface area contributed by atoms with E-state index in [2.05, 4.69) is 33.9 Å². The van der Waals surface area contributed by atoms with Gasteiger partial charge in [0.1, 0.15) is 11.9 Å². The third-order valence-corrected chi connectivity index (χ3v) is 4.06. The second kappa shape index (κ2) is 10.1. The van der Waals surface area contributed by atoms with E-state index in [9.17, 15) is 10.2 Å². The maximum atomic E-state index is 9.77. The highest BCUT2D eigenvalue weighted by molar-refractivity contribution is 5.37. The number of nitrogens with zero attached hydrogens (tertiary/aromatic N) is 3. The average Bonchev–Trinajstić information content (AvgIpc) is 2.66. The van der Waals surface area contributed by atoms with Gasteiger partial charge < -0.3 is 20.2 Å². The Bertz CT molecular complexity index is 607. The first kappa shape index (κ1) is 19.3. The summed E-state index contributed by atoms with van der Waals surface area (Å²) in [4.78, 5) is 11.0. The molecule has 0 saturated carbocycles. The predicted octanol–water partition coefficient (Wildman–Crippen LogP) is 1.54. The first-order chi connectivity index (χ1) is 12.1. The van der Waals surface area contributed by atoms with E-state index in [4.69, 9.17) is 5.11 Å². The highest BCUT2D eigenvalue weighted by Gasteiger charge is 2.17. The van der Waals surface area contributed by atoms with E-state index in [1.54, 1.807) is 12.4 Å². The molecule has 0 aliphatic rings. The summed E-state index contributed by atoms with van der Waals surface area (Å²) in [5.74, 6) is 0.790. The largest absolute Gasteiger partial charge is 0.394 e. The molecule has 0 bridgehead atoms. The molecule has 2 atom stereocenters. The van der Waals surface area contributed by atoms with Crippen molar-refractivity contribution in [3.05, 3.63) is 54.0 Å². The summed E-state index contributed by atoms with van der Waals surface area (Å²) >= 11 is 0. The maximum absolute atomic E-state index is 9.77. The van der Waals surface area contributed by atoms with Crippen LogP contribution in [0.1, 0.15) is 31.0 Å². The van der Waals surface area contributed by atoms with Crippen molar-refractivity contribution in [2.45, 2.75) is 44.9 Å². The topological polar surface area (TPSA) is 89.7 Å². The van der Waals surface area contributed by atoms with Crippen LogP contribution in [0.5, 0.6) is 0 Å². The molecule has 0 fully saturated rings. The summed E-state index contributed by atoms with van der Waals surface area (Å²) in [6, 6.07) is 10.2. The quantitative estimate of drug-likeness (QED) is 0.605. The van der Waals surface area contributed by atoms with Gasteiger partial charge >= 0.3 is 0 Å².